The number of carbonyl (C=O) groups is 1. The number of halogens is 1. The first-order valence-electron chi connectivity index (χ1n) is 11.2. The number of piperazine rings is 1. The minimum Gasteiger partial charge on any atom is -1.00 e. The van der Waals surface area contributed by atoms with E-state index in [-0.39, 0.29) is 30.8 Å². The standard InChI is InChI=1S/C27H30N2O3.ClH/c30-24(21-32-25-14-8-3-9-15-25)20-28-16-18-29(19-17-28)27(31)26(22-10-4-1-5-11-22)23-12-6-2-7-13-23;/h1-15,24,26,30H,16-21H2;1H/p-1. The van der Waals surface area contributed by atoms with Gasteiger partial charge in [0.15, 0.2) is 0 Å². The van der Waals surface area contributed by atoms with Crippen LogP contribution in [0.3, 0.4) is 0 Å². The van der Waals surface area contributed by atoms with E-state index in [0.29, 0.717) is 19.6 Å². The summed E-state index contributed by atoms with van der Waals surface area (Å²) in [6, 6.07) is 29.5. The van der Waals surface area contributed by atoms with Crippen molar-refractivity contribution in [1.82, 2.24) is 9.80 Å². The molecule has 5 nitrogen and oxygen atoms in total. The van der Waals surface area contributed by atoms with Crippen LogP contribution in [0.4, 0.5) is 0 Å². The highest BCUT2D eigenvalue weighted by molar-refractivity contribution is 5.87. The van der Waals surface area contributed by atoms with Gasteiger partial charge in [-0.05, 0) is 23.3 Å². The lowest BCUT2D eigenvalue weighted by Gasteiger charge is -2.37. The van der Waals surface area contributed by atoms with E-state index in [1.165, 1.54) is 0 Å². The third-order valence-electron chi connectivity index (χ3n) is 5.85. The zero-order chi connectivity index (χ0) is 22.2. The number of aliphatic hydroxyl groups excluding tert-OH is 1. The molecule has 1 unspecified atom stereocenters. The van der Waals surface area contributed by atoms with Gasteiger partial charge in [-0.25, -0.2) is 0 Å². The molecule has 1 aliphatic rings. The zero-order valence-corrected chi connectivity index (χ0v) is 19.3. The third-order valence-corrected chi connectivity index (χ3v) is 5.85. The van der Waals surface area contributed by atoms with E-state index in [1.807, 2.05) is 95.9 Å². The van der Waals surface area contributed by atoms with Crippen LogP contribution >= 0.6 is 0 Å². The van der Waals surface area contributed by atoms with Crippen LogP contribution in [0, 0.1) is 0 Å². The maximum absolute atomic E-state index is 13.5. The van der Waals surface area contributed by atoms with Crippen molar-refractivity contribution in [2.24, 2.45) is 0 Å². The minimum absolute atomic E-state index is 0. The summed E-state index contributed by atoms with van der Waals surface area (Å²) in [5.41, 5.74) is 2.03. The molecule has 1 amide bonds. The molecule has 0 aliphatic carbocycles. The van der Waals surface area contributed by atoms with Gasteiger partial charge >= 0.3 is 0 Å². The smallest absolute Gasteiger partial charge is 0.234 e. The number of hydrogen-bond acceptors (Lipinski definition) is 4. The van der Waals surface area contributed by atoms with Crippen molar-refractivity contribution in [2.75, 3.05) is 39.3 Å². The summed E-state index contributed by atoms with van der Waals surface area (Å²) in [7, 11) is 0. The Morgan fingerprint density at radius 1 is 0.788 bits per heavy atom. The Hall–Kier alpha value is -2.86. The van der Waals surface area contributed by atoms with Gasteiger partial charge < -0.3 is 27.2 Å². The highest BCUT2D eigenvalue weighted by Gasteiger charge is 2.30. The van der Waals surface area contributed by atoms with E-state index in [1.54, 1.807) is 0 Å². The third kappa shape index (κ3) is 6.81. The quantitative estimate of drug-likeness (QED) is 0.523. The van der Waals surface area contributed by atoms with Gasteiger partial charge in [0, 0.05) is 32.7 Å². The molecule has 4 rings (SSSR count). The zero-order valence-electron chi connectivity index (χ0n) is 18.6. The summed E-state index contributed by atoms with van der Waals surface area (Å²) in [4.78, 5) is 17.7. The van der Waals surface area contributed by atoms with Gasteiger partial charge in [-0.15, -0.1) is 0 Å². The van der Waals surface area contributed by atoms with Crippen LogP contribution in [0.2, 0.25) is 0 Å². The van der Waals surface area contributed by atoms with Crippen LogP contribution in [0.5, 0.6) is 5.75 Å². The topological polar surface area (TPSA) is 53.0 Å². The number of rotatable bonds is 8. The summed E-state index contributed by atoms with van der Waals surface area (Å²) in [5, 5.41) is 10.4. The molecule has 0 saturated carbocycles. The maximum Gasteiger partial charge on any atom is 0.234 e. The van der Waals surface area contributed by atoms with Gasteiger partial charge in [0.1, 0.15) is 18.5 Å². The molecule has 1 N–H and O–H groups in total. The Bertz CT molecular complexity index is 925. The molecule has 0 radical (unpaired) electrons. The molecule has 6 heteroatoms. The fraction of sp³-hybridized carbons (Fsp3) is 0.296. The molecule has 1 fully saturated rings. The summed E-state index contributed by atoms with van der Waals surface area (Å²) >= 11 is 0. The van der Waals surface area contributed by atoms with E-state index in [9.17, 15) is 9.90 Å². The van der Waals surface area contributed by atoms with E-state index in [4.69, 9.17) is 4.74 Å². The predicted molar refractivity (Wildman–Crippen MR) is 126 cm³/mol. The molecule has 3 aromatic carbocycles. The second-order valence-electron chi connectivity index (χ2n) is 8.16. The Morgan fingerprint density at radius 2 is 1.27 bits per heavy atom. The fourth-order valence-corrected chi connectivity index (χ4v) is 4.16. The molecule has 1 saturated heterocycles. The lowest BCUT2D eigenvalue weighted by atomic mass is 9.90. The molecule has 0 spiro atoms. The molecule has 0 aromatic heterocycles. The second-order valence-corrected chi connectivity index (χ2v) is 8.16. The Kier molecular flexibility index (Phi) is 9.31. The van der Waals surface area contributed by atoms with Gasteiger partial charge in [-0.3, -0.25) is 9.69 Å². The monoisotopic (exact) mass is 465 g/mol. The number of carbonyl (C=O) groups excluding carboxylic acids is 1. The summed E-state index contributed by atoms with van der Waals surface area (Å²) in [6.45, 7) is 3.58. The summed E-state index contributed by atoms with van der Waals surface area (Å²) in [6.07, 6.45) is -0.571. The van der Waals surface area contributed by atoms with Crippen LogP contribution in [0.1, 0.15) is 17.0 Å². The first-order valence-corrected chi connectivity index (χ1v) is 11.2. The molecular formula is C27H30ClN2O3-. The van der Waals surface area contributed by atoms with Gasteiger partial charge in [0.05, 0.1) is 5.92 Å². The van der Waals surface area contributed by atoms with Crippen LogP contribution in [0.15, 0.2) is 91.0 Å². The molecular weight excluding hydrogens is 436 g/mol. The van der Waals surface area contributed by atoms with E-state index in [0.717, 1.165) is 30.0 Å². The lowest BCUT2D eigenvalue weighted by molar-refractivity contribution is -0.133. The van der Waals surface area contributed by atoms with E-state index in [2.05, 4.69) is 4.90 Å². The average molecular weight is 466 g/mol. The molecule has 33 heavy (non-hydrogen) atoms. The number of aliphatic hydroxyl groups is 1. The van der Waals surface area contributed by atoms with Crippen LogP contribution in [-0.4, -0.2) is 66.2 Å². The van der Waals surface area contributed by atoms with E-state index >= 15 is 0 Å². The van der Waals surface area contributed by atoms with Crippen molar-refractivity contribution in [3.05, 3.63) is 102 Å². The van der Waals surface area contributed by atoms with Crippen molar-refractivity contribution < 1.29 is 27.0 Å². The van der Waals surface area contributed by atoms with Crippen LogP contribution in [0.25, 0.3) is 0 Å². The number of β-amino-alcohol motifs (C(OH)–C–C–N with tert-alkyl or cyclic N) is 1. The second kappa shape index (κ2) is 12.4. The first-order chi connectivity index (χ1) is 15.7. The normalized spacial score (nSPS) is 15.0. The van der Waals surface area contributed by atoms with Crippen molar-refractivity contribution in [2.45, 2.75) is 12.0 Å². The van der Waals surface area contributed by atoms with Crippen LogP contribution < -0.4 is 17.1 Å². The lowest BCUT2D eigenvalue weighted by Crippen LogP contribution is -3.00. The fourth-order valence-electron chi connectivity index (χ4n) is 4.16. The van der Waals surface area contributed by atoms with Crippen molar-refractivity contribution in [1.29, 1.82) is 0 Å². The van der Waals surface area contributed by atoms with Crippen LogP contribution in [-0.2, 0) is 4.79 Å². The van der Waals surface area contributed by atoms with Gasteiger partial charge in [0.25, 0.3) is 0 Å². The maximum atomic E-state index is 13.5. The number of hydrogen-bond donors (Lipinski definition) is 1. The highest BCUT2D eigenvalue weighted by atomic mass is 35.5. The molecule has 1 atom stereocenters. The van der Waals surface area contributed by atoms with Gasteiger partial charge in [-0.1, -0.05) is 78.9 Å². The number of nitrogens with zero attached hydrogens (tertiary/aromatic N) is 2. The predicted octanol–water partition coefficient (Wildman–Crippen LogP) is 0.407. The summed E-state index contributed by atoms with van der Waals surface area (Å²) in [5.74, 6) is 0.596. The molecule has 1 heterocycles. The molecule has 3 aromatic rings. The van der Waals surface area contributed by atoms with Crippen molar-refractivity contribution in [3.63, 3.8) is 0 Å². The minimum atomic E-state index is -0.571. The molecule has 174 valence electrons. The Balaban J connectivity index is 0.00000306. The first kappa shape index (κ1) is 24.8. The SMILES string of the molecule is O=C(C(c1ccccc1)c1ccccc1)N1CCN(CC(O)COc2ccccc2)CC1.[Cl-]. The molecule has 1 aliphatic heterocycles. The largest absolute Gasteiger partial charge is 1.00 e. The number of benzene rings is 3. The Labute approximate surface area is 202 Å². The van der Waals surface area contributed by atoms with E-state index < -0.39 is 6.10 Å². The van der Waals surface area contributed by atoms with Gasteiger partial charge in [-0.2, -0.15) is 0 Å². The average Bonchev–Trinajstić information content (AvgIpc) is 2.85. The Morgan fingerprint density at radius 3 is 1.79 bits per heavy atom. The highest BCUT2D eigenvalue weighted by Crippen LogP contribution is 2.27. The number of para-hydroxylation sites is 1. The number of ether oxygens (including phenoxy) is 1. The number of amides is 1. The summed E-state index contributed by atoms with van der Waals surface area (Å²) < 4.78 is 5.66. The van der Waals surface area contributed by atoms with Crippen molar-refractivity contribution in [3.8, 4) is 5.75 Å². The van der Waals surface area contributed by atoms with Gasteiger partial charge in [0.2, 0.25) is 5.91 Å². The van der Waals surface area contributed by atoms with Crippen molar-refractivity contribution >= 4 is 5.91 Å². The molecule has 0 bridgehead atoms.